The van der Waals surface area contributed by atoms with Gasteiger partial charge in [-0.15, -0.1) is 11.3 Å². The summed E-state index contributed by atoms with van der Waals surface area (Å²) in [6.45, 7) is 3.01. The van der Waals surface area contributed by atoms with Crippen molar-refractivity contribution in [2.24, 2.45) is 11.6 Å². The standard InChI is InChI=1S/C27H24N4OS/c1-2-30-22-12-7-6-11-20(22)21-17-19(14-15-23(21)30)31(29)26(18-9-4-3-5-10-18)25(28)27(32)24-13-8-16-33-24/h3-17H,2,28-29H2,1H3/b26-25-. The van der Waals surface area contributed by atoms with Gasteiger partial charge in [-0.3, -0.25) is 9.80 Å². The Morgan fingerprint density at radius 3 is 2.36 bits per heavy atom. The number of carbonyl (C=O) groups excluding carboxylic acids is 1. The number of para-hydroxylation sites is 1. The van der Waals surface area contributed by atoms with Gasteiger partial charge in [-0.05, 0) is 42.6 Å². The zero-order valence-corrected chi connectivity index (χ0v) is 19.0. The molecule has 2 heterocycles. The van der Waals surface area contributed by atoms with Gasteiger partial charge in [-0.1, -0.05) is 54.6 Å². The van der Waals surface area contributed by atoms with E-state index in [4.69, 9.17) is 11.6 Å². The lowest BCUT2D eigenvalue weighted by Gasteiger charge is -2.24. The third-order valence-corrected chi connectivity index (χ3v) is 6.75. The van der Waals surface area contributed by atoms with E-state index in [0.29, 0.717) is 10.6 Å². The predicted octanol–water partition coefficient (Wildman–Crippen LogP) is 5.77. The van der Waals surface area contributed by atoms with Crippen molar-refractivity contribution < 1.29 is 4.79 Å². The number of fused-ring (bicyclic) bond motifs is 3. The van der Waals surface area contributed by atoms with Gasteiger partial charge in [0.2, 0.25) is 5.78 Å². The fourth-order valence-electron chi connectivity index (χ4n) is 4.33. The molecule has 0 bridgehead atoms. The Kier molecular flexibility index (Phi) is 5.46. The van der Waals surface area contributed by atoms with Crippen LogP contribution in [-0.4, -0.2) is 10.4 Å². The molecule has 0 fully saturated rings. The van der Waals surface area contributed by atoms with E-state index in [2.05, 4.69) is 41.8 Å². The largest absolute Gasteiger partial charge is 0.394 e. The van der Waals surface area contributed by atoms with Gasteiger partial charge in [0.1, 0.15) is 5.70 Å². The molecule has 0 unspecified atom stereocenters. The molecule has 6 heteroatoms. The Morgan fingerprint density at radius 1 is 0.909 bits per heavy atom. The molecule has 0 aliphatic rings. The summed E-state index contributed by atoms with van der Waals surface area (Å²) in [7, 11) is 0. The molecule has 5 aromatic rings. The molecule has 0 radical (unpaired) electrons. The maximum absolute atomic E-state index is 13.1. The summed E-state index contributed by atoms with van der Waals surface area (Å²) < 4.78 is 2.29. The number of hydrogen-bond donors (Lipinski definition) is 2. The molecule has 2 aromatic heterocycles. The van der Waals surface area contributed by atoms with E-state index in [1.165, 1.54) is 21.9 Å². The van der Waals surface area contributed by atoms with Gasteiger partial charge < -0.3 is 10.3 Å². The Morgan fingerprint density at radius 2 is 1.64 bits per heavy atom. The number of hydrogen-bond acceptors (Lipinski definition) is 5. The number of nitrogens with zero attached hydrogens (tertiary/aromatic N) is 2. The second-order valence-electron chi connectivity index (χ2n) is 7.77. The quantitative estimate of drug-likeness (QED) is 0.148. The zero-order valence-electron chi connectivity index (χ0n) is 18.2. The number of allylic oxidation sites excluding steroid dienone is 1. The molecular formula is C27H24N4OS. The van der Waals surface area contributed by atoms with E-state index in [1.54, 1.807) is 6.07 Å². The highest BCUT2D eigenvalue weighted by Gasteiger charge is 2.22. The third kappa shape index (κ3) is 3.59. The summed E-state index contributed by atoms with van der Waals surface area (Å²) in [4.78, 5) is 13.7. The first-order valence-electron chi connectivity index (χ1n) is 10.8. The van der Waals surface area contributed by atoms with Gasteiger partial charge in [0.25, 0.3) is 0 Å². The number of Topliss-reactive ketones (excluding diaryl/α,β-unsaturated/α-hetero) is 1. The Bertz CT molecular complexity index is 1480. The maximum atomic E-state index is 13.1. The first kappa shape index (κ1) is 21.0. The Hall–Kier alpha value is -3.87. The summed E-state index contributed by atoms with van der Waals surface area (Å²) in [6, 6.07) is 27.6. The molecular weight excluding hydrogens is 428 g/mol. The number of nitrogens with two attached hydrogens (primary N) is 2. The summed E-state index contributed by atoms with van der Waals surface area (Å²) in [5.41, 5.74) is 10.9. The van der Waals surface area contributed by atoms with Crippen LogP contribution in [0.5, 0.6) is 0 Å². The fraction of sp³-hybridized carbons (Fsp3) is 0.0741. The van der Waals surface area contributed by atoms with Crippen molar-refractivity contribution in [1.82, 2.24) is 4.57 Å². The van der Waals surface area contributed by atoms with E-state index < -0.39 is 0 Å². The highest BCUT2D eigenvalue weighted by molar-refractivity contribution is 7.12. The van der Waals surface area contributed by atoms with E-state index in [0.717, 1.165) is 34.1 Å². The summed E-state index contributed by atoms with van der Waals surface area (Å²) in [5, 5.41) is 5.65. The zero-order chi connectivity index (χ0) is 22.9. The number of benzene rings is 3. The number of carbonyl (C=O) groups is 1. The van der Waals surface area contributed by atoms with Gasteiger partial charge in [-0.25, -0.2) is 5.84 Å². The molecule has 0 saturated heterocycles. The topological polar surface area (TPSA) is 77.3 Å². The van der Waals surface area contributed by atoms with Crippen LogP contribution in [0.2, 0.25) is 0 Å². The molecule has 0 aliphatic heterocycles. The van der Waals surface area contributed by atoms with Gasteiger partial charge in [0, 0.05) is 33.9 Å². The van der Waals surface area contributed by atoms with Gasteiger partial charge in [0.15, 0.2) is 0 Å². The van der Waals surface area contributed by atoms with Crippen LogP contribution in [-0.2, 0) is 6.54 Å². The molecule has 3 aromatic carbocycles. The monoisotopic (exact) mass is 452 g/mol. The first-order valence-corrected chi connectivity index (χ1v) is 11.7. The van der Waals surface area contributed by atoms with Crippen molar-refractivity contribution >= 4 is 50.3 Å². The van der Waals surface area contributed by atoms with Gasteiger partial charge >= 0.3 is 0 Å². The van der Waals surface area contributed by atoms with E-state index in [-0.39, 0.29) is 11.5 Å². The minimum atomic E-state index is -0.233. The van der Waals surface area contributed by atoms with Crippen molar-refractivity contribution in [3.05, 3.63) is 106 Å². The average Bonchev–Trinajstić information content (AvgIpc) is 3.50. The second kappa shape index (κ2) is 8.58. The number of thiophene rings is 1. The lowest BCUT2D eigenvalue weighted by Crippen LogP contribution is -2.33. The van der Waals surface area contributed by atoms with E-state index in [1.807, 2.05) is 53.9 Å². The minimum Gasteiger partial charge on any atom is -0.394 e. The average molecular weight is 453 g/mol. The maximum Gasteiger partial charge on any atom is 0.220 e. The van der Waals surface area contributed by atoms with Crippen LogP contribution in [0, 0.1) is 0 Å². The highest BCUT2D eigenvalue weighted by Crippen LogP contribution is 2.34. The molecule has 0 amide bonds. The molecule has 0 saturated carbocycles. The number of ketones is 1. The first-order chi connectivity index (χ1) is 16.1. The fourth-order valence-corrected chi connectivity index (χ4v) is 5.01. The van der Waals surface area contributed by atoms with E-state index >= 15 is 0 Å². The normalized spacial score (nSPS) is 12.2. The number of aryl methyl sites for hydroxylation is 1. The van der Waals surface area contributed by atoms with Crippen molar-refractivity contribution in [3.8, 4) is 0 Å². The van der Waals surface area contributed by atoms with Crippen LogP contribution < -0.4 is 16.6 Å². The Balaban J connectivity index is 1.69. The summed E-state index contributed by atoms with van der Waals surface area (Å²) in [6.07, 6.45) is 0. The molecule has 0 atom stereocenters. The van der Waals surface area contributed by atoms with Crippen LogP contribution in [0.25, 0.3) is 27.5 Å². The third-order valence-electron chi connectivity index (χ3n) is 5.88. The molecule has 33 heavy (non-hydrogen) atoms. The number of aromatic nitrogens is 1. The number of anilines is 1. The molecule has 5 rings (SSSR count). The van der Waals surface area contributed by atoms with E-state index in [9.17, 15) is 4.79 Å². The molecule has 5 nitrogen and oxygen atoms in total. The highest BCUT2D eigenvalue weighted by atomic mass is 32.1. The van der Waals surface area contributed by atoms with Crippen molar-refractivity contribution in [2.45, 2.75) is 13.5 Å². The molecule has 0 aliphatic carbocycles. The lowest BCUT2D eigenvalue weighted by atomic mass is 10.1. The minimum absolute atomic E-state index is 0.113. The van der Waals surface area contributed by atoms with Crippen LogP contribution in [0.4, 0.5) is 5.69 Å². The van der Waals surface area contributed by atoms with Gasteiger partial charge in [0.05, 0.1) is 16.3 Å². The SMILES string of the molecule is CCn1c2ccccc2c2cc(N(N)/C(=C(\N)C(=O)c3cccs3)c3ccccc3)ccc21. The van der Waals surface area contributed by atoms with Crippen molar-refractivity contribution in [3.63, 3.8) is 0 Å². The number of hydrazine groups is 1. The lowest BCUT2D eigenvalue weighted by molar-refractivity contribution is 0.103. The van der Waals surface area contributed by atoms with Crippen molar-refractivity contribution in [2.75, 3.05) is 5.01 Å². The Labute approximate surface area is 196 Å². The number of rotatable bonds is 6. The smallest absolute Gasteiger partial charge is 0.220 e. The molecule has 0 spiro atoms. The van der Waals surface area contributed by atoms with Crippen LogP contribution in [0.15, 0.2) is 96.0 Å². The van der Waals surface area contributed by atoms with Gasteiger partial charge in [-0.2, -0.15) is 0 Å². The molecule has 4 N–H and O–H groups in total. The summed E-state index contributed by atoms with van der Waals surface area (Å²) >= 11 is 1.36. The van der Waals surface area contributed by atoms with Crippen LogP contribution >= 0.6 is 11.3 Å². The summed E-state index contributed by atoms with van der Waals surface area (Å²) in [5.74, 6) is 6.44. The van der Waals surface area contributed by atoms with Crippen molar-refractivity contribution in [1.29, 1.82) is 0 Å². The second-order valence-corrected chi connectivity index (χ2v) is 8.72. The molecule has 164 valence electrons. The predicted molar refractivity (Wildman–Crippen MR) is 138 cm³/mol. The van der Waals surface area contributed by atoms with Crippen LogP contribution in [0.3, 0.4) is 0 Å². The van der Waals surface area contributed by atoms with Crippen LogP contribution in [0.1, 0.15) is 22.2 Å².